The van der Waals surface area contributed by atoms with Gasteiger partial charge in [0.2, 0.25) is 0 Å². The fourth-order valence-corrected chi connectivity index (χ4v) is 1.97. The van der Waals surface area contributed by atoms with E-state index in [-0.39, 0.29) is 0 Å². The van der Waals surface area contributed by atoms with Gasteiger partial charge >= 0.3 is 0 Å². The van der Waals surface area contributed by atoms with Crippen LogP contribution in [-0.2, 0) is 0 Å². The molecule has 3 heterocycles. The third-order valence-corrected chi connectivity index (χ3v) is 2.91. The third kappa shape index (κ3) is 1.82. The van der Waals surface area contributed by atoms with E-state index in [2.05, 4.69) is 21.1 Å². The molecular formula is C14H14N4. The molecule has 3 aromatic heterocycles. The Balaban J connectivity index is 2.09. The average Bonchev–Trinajstić information content (AvgIpc) is 2.98. The molecule has 0 saturated carbocycles. The molecule has 0 aliphatic heterocycles. The highest BCUT2D eigenvalue weighted by Crippen LogP contribution is 2.22. The van der Waals surface area contributed by atoms with Gasteiger partial charge in [0, 0.05) is 23.1 Å². The Hall–Kier alpha value is -2.36. The number of rotatable bonds is 2. The van der Waals surface area contributed by atoms with Crippen LogP contribution < -0.4 is 0 Å². The van der Waals surface area contributed by atoms with Crippen LogP contribution in [0, 0.1) is 13.8 Å². The highest BCUT2D eigenvalue weighted by molar-refractivity contribution is 5.61. The minimum atomic E-state index is 0.972. The van der Waals surface area contributed by atoms with Gasteiger partial charge in [-0.2, -0.15) is 5.10 Å². The zero-order valence-electron chi connectivity index (χ0n) is 10.4. The maximum absolute atomic E-state index is 4.36. The van der Waals surface area contributed by atoms with Crippen LogP contribution >= 0.6 is 0 Å². The molecule has 90 valence electrons. The van der Waals surface area contributed by atoms with Crippen molar-refractivity contribution in [2.75, 3.05) is 0 Å². The highest BCUT2D eigenvalue weighted by atomic mass is 15.3. The molecule has 0 amide bonds. The van der Waals surface area contributed by atoms with Crippen LogP contribution in [0.5, 0.6) is 0 Å². The van der Waals surface area contributed by atoms with Crippen molar-refractivity contribution >= 4 is 0 Å². The number of nitrogens with one attached hydrogen (secondary N) is 1. The molecule has 0 aliphatic carbocycles. The molecule has 0 fully saturated rings. The summed E-state index contributed by atoms with van der Waals surface area (Å²) in [5.74, 6) is 0. The first-order valence-electron chi connectivity index (χ1n) is 5.86. The Morgan fingerprint density at radius 3 is 2.72 bits per heavy atom. The van der Waals surface area contributed by atoms with E-state index < -0.39 is 0 Å². The summed E-state index contributed by atoms with van der Waals surface area (Å²) < 4.78 is 1.90. The summed E-state index contributed by atoms with van der Waals surface area (Å²) in [6.45, 7) is 4.01. The smallest absolute Gasteiger partial charge is 0.0836 e. The van der Waals surface area contributed by atoms with Gasteiger partial charge in [-0.05, 0) is 38.1 Å². The third-order valence-electron chi connectivity index (χ3n) is 2.91. The van der Waals surface area contributed by atoms with Crippen LogP contribution in [0.1, 0.15) is 11.4 Å². The molecule has 0 saturated heterocycles. The number of aromatic nitrogens is 4. The lowest BCUT2D eigenvalue weighted by molar-refractivity contribution is 0.879. The number of aryl methyl sites for hydroxylation is 2. The monoisotopic (exact) mass is 238 g/mol. The van der Waals surface area contributed by atoms with E-state index in [1.54, 1.807) is 6.20 Å². The van der Waals surface area contributed by atoms with Crippen molar-refractivity contribution in [3.63, 3.8) is 0 Å². The predicted octanol–water partition coefficient (Wildman–Crippen LogP) is 2.88. The topological polar surface area (TPSA) is 46.5 Å². The second-order valence-electron chi connectivity index (χ2n) is 4.36. The van der Waals surface area contributed by atoms with Crippen LogP contribution in [0.25, 0.3) is 16.9 Å². The average molecular weight is 238 g/mol. The van der Waals surface area contributed by atoms with E-state index in [0.29, 0.717) is 0 Å². The van der Waals surface area contributed by atoms with Crippen molar-refractivity contribution in [2.45, 2.75) is 13.8 Å². The molecule has 0 radical (unpaired) electrons. The van der Waals surface area contributed by atoms with E-state index in [1.807, 2.05) is 49.1 Å². The first-order chi connectivity index (χ1) is 8.74. The summed E-state index contributed by atoms with van der Waals surface area (Å²) >= 11 is 0. The Kier molecular flexibility index (Phi) is 2.48. The maximum Gasteiger partial charge on any atom is 0.0836 e. The summed E-state index contributed by atoms with van der Waals surface area (Å²) in [5.41, 5.74) is 5.31. The highest BCUT2D eigenvalue weighted by Gasteiger charge is 2.08. The molecule has 1 N–H and O–H groups in total. The minimum absolute atomic E-state index is 0.972. The van der Waals surface area contributed by atoms with E-state index in [4.69, 9.17) is 0 Å². The molecule has 4 heteroatoms. The van der Waals surface area contributed by atoms with Gasteiger partial charge in [-0.15, -0.1) is 0 Å². The van der Waals surface area contributed by atoms with Crippen LogP contribution in [-0.4, -0.2) is 19.7 Å². The molecule has 0 aliphatic rings. The van der Waals surface area contributed by atoms with Crippen molar-refractivity contribution in [1.29, 1.82) is 0 Å². The fourth-order valence-electron chi connectivity index (χ4n) is 1.97. The number of H-pyrrole nitrogens is 1. The van der Waals surface area contributed by atoms with E-state index >= 15 is 0 Å². The van der Waals surface area contributed by atoms with Crippen LogP contribution in [0.4, 0.5) is 0 Å². The van der Waals surface area contributed by atoms with Crippen molar-refractivity contribution in [3.8, 4) is 16.9 Å². The Bertz CT molecular complexity index is 661. The molecule has 3 rings (SSSR count). The predicted molar refractivity (Wildman–Crippen MR) is 70.6 cm³/mol. The van der Waals surface area contributed by atoms with Gasteiger partial charge in [-0.25, -0.2) is 4.68 Å². The Morgan fingerprint density at radius 2 is 2.06 bits per heavy atom. The van der Waals surface area contributed by atoms with E-state index in [9.17, 15) is 0 Å². The Morgan fingerprint density at radius 1 is 1.17 bits per heavy atom. The number of pyridine rings is 1. The van der Waals surface area contributed by atoms with Crippen molar-refractivity contribution in [2.24, 2.45) is 0 Å². The summed E-state index contributed by atoms with van der Waals surface area (Å²) in [4.78, 5) is 7.49. The second kappa shape index (κ2) is 4.14. The summed E-state index contributed by atoms with van der Waals surface area (Å²) in [6.07, 6.45) is 5.63. The number of hydrogen-bond acceptors (Lipinski definition) is 2. The quantitative estimate of drug-likeness (QED) is 0.746. The van der Waals surface area contributed by atoms with Gasteiger partial charge in [-0.1, -0.05) is 0 Å². The lowest BCUT2D eigenvalue weighted by atomic mass is 10.2. The molecule has 3 aromatic rings. The van der Waals surface area contributed by atoms with Crippen LogP contribution in [0.3, 0.4) is 0 Å². The normalized spacial score (nSPS) is 10.8. The number of hydrogen-bond donors (Lipinski definition) is 1. The van der Waals surface area contributed by atoms with Crippen LogP contribution in [0.2, 0.25) is 0 Å². The largest absolute Gasteiger partial charge is 0.365 e. The summed E-state index contributed by atoms with van der Waals surface area (Å²) in [5, 5.41) is 4.36. The first kappa shape index (κ1) is 10.8. The van der Waals surface area contributed by atoms with Gasteiger partial charge in [0.1, 0.15) is 0 Å². The SMILES string of the molecule is Cc1ccc(-n2nccc2-c2c[nH]c(C)c2)cn1. The number of nitrogens with zero attached hydrogens (tertiary/aromatic N) is 3. The van der Waals surface area contributed by atoms with Gasteiger partial charge in [0.05, 0.1) is 23.8 Å². The zero-order valence-corrected chi connectivity index (χ0v) is 10.4. The second-order valence-corrected chi connectivity index (χ2v) is 4.36. The standard InChI is InChI=1S/C14H14N4/c1-10-3-4-13(9-16-10)18-14(5-6-17-18)12-7-11(2)15-8-12/h3-9,15H,1-2H3. The molecule has 18 heavy (non-hydrogen) atoms. The minimum Gasteiger partial charge on any atom is -0.365 e. The van der Waals surface area contributed by atoms with Crippen molar-refractivity contribution in [3.05, 3.63) is 54.2 Å². The molecule has 0 bridgehead atoms. The Labute approximate surface area is 105 Å². The van der Waals surface area contributed by atoms with Crippen molar-refractivity contribution < 1.29 is 0 Å². The maximum atomic E-state index is 4.36. The molecular weight excluding hydrogens is 224 g/mol. The van der Waals surface area contributed by atoms with Gasteiger partial charge in [-0.3, -0.25) is 4.98 Å². The number of aromatic amines is 1. The molecule has 0 atom stereocenters. The zero-order chi connectivity index (χ0) is 12.5. The van der Waals surface area contributed by atoms with Gasteiger partial charge in [0.25, 0.3) is 0 Å². The van der Waals surface area contributed by atoms with Crippen LogP contribution in [0.15, 0.2) is 42.9 Å². The molecule has 0 spiro atoms. The fraction of sp³-hybridized carbons (Fsp3) is 0.143. The van der Waals surface area contributed by atoms with E-state index in [1.165, 1.54) is 0 Å². The molecule has 0 aromatic carbocycles. The summed E-state index contributed by atoms with van der Waals surface area (Å²) in [7, 11) is 0. The van der Waals surface area contributed by atoms with E-state index in [0.717, 1.165) is 28.3 Å². The molecule has 4 nitrogen and oxygen atoms in total. The lowest BCUT2D eigenvalue weighted by Gasteiger charge is -2.05. The first-order valence-corrected chi connectivity index (χ1v) is 5.86. The van der Waals surface area contributed by atoms with Crippen molar-refractivity contribution in [1.82, 2.24) is 19.7 Å². The van der Waals surface area contributed by atoms with Gasteiger partial charge in [0.15, 0.2) is 0 Å². The summed E-state index contributed by atoms with van der Waals surface area (Å²) in [6, 6.07) is 8.12. The molecule has 0 unspecified atom stereocenters. The lowest BCUT2D eigenvalue weighted by Crippen LogP contribution is -1.99. The van der Waals surface area contributed by atoms with Gasteiger partial charge < -0.3 is 4.98 Å².